The number of rotatable bonds is 0. The Morgan fingerprint density at radius 1 is 1.00 bits per heavy atom. The SMILES string of the molecule is [AlH3].[Gd].[Mo].[Ni]. The maximum Gasteiger partial charge on any atom is 0.187 e. The fraction of sp³-hybridized carbons (Fsp3) is 0. The molecule has 0 aliphatic carbocycles. The van der Waals surface area contributed by atoms with Gasteiger partial charge in [0.15, 0.2) is 17.4 Å². The minimum absolute atomic E-state index is 0. The van der Waals surface area contributed by atoms with Crippen LogP contribution in [0.3, 0.4) is 0 Å². The molecule has 0 fully saturated rings. The Kier molecular flexibility index (Phi) is 115. The summed E-state index contributed by atoms with van der Waals surface area (Å²) >= 11 is 0. The number of hydrogen-bond acceptors (Lipinski definition) is 0. The molecule has 0 nitrogen and oxygen atoms in total. The second kappa shape index (κ2) is 16.6. The van der Waals surface area contributed by atoms with Crippen molar-refractivity contribution in [2.45, 2.75) is 0 Å². The summed E-state index contributed by atoms with van der Waals surface area (Å²) in [6.07, 6.45) is 0. The van der Waals surface area contributed by atoms with Gasteiger partial charge in [-0.15, -0.1) is 0 Å². The van der Waals surface area contributed by atoms with Gasteiger partial charge in [0, 0.05) is 77.5 Å². The van der Waals surface area contributed by atoms with Gasteiger partial charge < -0.3 is 0 Å². The molecule has 4 heavy (non-hydrogen) atoms. The summed E-state index contributed by atoms with van der Waals surface area (Å²) in [5.41, 5.74) is 0. The molecular formula is H3AlGdMoNi. The monoisotopic (exact) mass is 344 g/mol. The molecule has 0 rings (SSSR count). The van der Waals surface area contributed by atoms with Gasteiger partial charge in [-0.2, -0.15) is 0 Å². The number of hydrogen-bond donors (Lipinski definition) is 0. The Labute approximate surface area is 92.9 Å². The van der Waals surface area contributed by atoms with Gasteiger partial charge in [0.1, 0.15) is 0 Å². The molecule has 0 heterocycles. The van der Waals surface area contributed by atoms with Crippen LogP contribution < -0.4 is 0 Å². The molecule has 4 heteroatoms. The molecular weight excluding hydrogens is 339 g/mol. The average Bonchev–Trinajstić information content (AvgIpc) is 0. The maximum absolute atomic E-state index is 0. The Balaban J connectivity index is 0. The van der Waals surface area contributed by atoms with Crippen molar-refractivity contribution in [1.29, 1.82) is 0 Å². The second-order valence-electron chi connectivity index (χ2n) is 0. The fourth-order valence-electron chi connectivity index (χ4n) is 0. The molecule has 30 valence electrons. The molecule has 0 aliphatic rings. The predicted molar refractivity (Wildman–Crippen MR) is 9.94 cm³/mol. The zero-order valence-electron chi connectivity index (χ0n) is 1.08. The molecule has 0 saturated carbocycles. The first-order valence-electron chi connectivity index (χ1n) is 0. The molecule has 0 saturated heterocycles. The van der Waals surface area contributed by atoms with Crippen LogP contribution in [0.2, 0.25) is 0 Å². The van der Waals surface area contributed by atoms with E-state index in [1.807, 2.05) is 0 Å². The molecule has 0 radical (unpaired) electrons. The van der Waals surface area contributed by atoms with Gasteiger partial charge in [-0.05, 0) is 0 Å². The van der Waals surface area contributed by atoms with E-state index < -0.39 is 0 Å². The van der Waals surface area contributed by atoms with E-state index in [1.54, 1.807) is 0 Å². The van der Waals surface area contributed by atoms with Crippen molar-refractivity contribution >= 4 is 17.4 Å². The predicted octanol–water partition coefficient (Wildman–Crippen LogP) is -1.19. The van der Waals surface area contributed by atoms with Gasteiger partial charge in [-0.3, -0.25) is 0 Å². The maximum atomic E-state index is 0. The molecule has 0 aromatic heterocycles. The quantitative estimate of drug-likeness (QED) is 0.486. The van der Waals surface area contributed by atoms with Gasteiger partial charge in [-0.1, -0.05) is 0 Å². The van der Waals surface area contributed by atoms with Crippen LogP contribution >= 0.6 is 0 Å². The Hall–Kier alpha value is 3.04. The third kappa shape index (κ3) is 8.90. The van der Waals surface area contributed by atoms with Crippen molar-refractivity contribution in [2.75, 3.05) is 0 Å². The fourth-order valence-corrected chi connectivity index (χ4v) is 0. The van der Waals surface area contributed by atoms with E-state index >= 15 is 0 Å². The van der Waals surface area contributed by atoms with Gasteiger partial charge >= 0.3 is 0 Å². The largest absolute Gasteiger partial charge is 0.187 e. The van der Waals surface area contributed by atoms with E-state index in [4.69, 9.17) is 0 Å². The van der Waals surface area contributed by atoms with E-state index in [9.17, 15) is 0 Å². The van der Waals surface area contributed by atoms with E-state index in [2.05, 4.69) is 0 Å². The van der Waals surface area contributed by atoms with E-state index in [-0.39, 0.29) is 94.9 Å². The smallest absolute Gasteiger partial charge is 0 e. The Morgan fingerprint density at radius 2 is 1.00 bits per heavy atom. The summed E-state index contributed by atoms with van der Waals surface area (Å²) in [6, 6.07) is 0. The summed E-state index contributed by atoms with van der Waals surface area (Å²) in [5, 5.41) is 0. The minimum Gasteiger partial charge on any atom is 0 e. The zero-order chi connectivity index (χ0) is 0. The molecule has 0 bridgehead atoms. The summed E-state index contributed by atoms with van der Waals surface area (Å²) in [4.78, 5) is 0. The van der Waals surface area contributed by atoms with Gasteiger partial charge in [0.05, 0.1) is 0 Å². The zero-order valence-corrected chi connectivity index (χ0v) is 6.34. The van der Waals surface area contributed by atoms with Crippen LogP contribution in [-0.2, 0) is 37.6 Å². The topological polar surface area (TPSA) is 0 Å². The normalized spacial score (nSPS) is 0. The van der Waals surface area contributed by atoms with Crippen LogP contribution in [0.25, 0.3) is 0 Å². The van der Waals surface area contributed by atoms with Crippen LogP contribution in [-0.4, -0.2) is 17.4 Å². The van der Waals surface area contributed by atoms with Crippen LogP contribution in [0.4, 0.5) is 0 Å². The summed E-state index contributed by atoms with van der Waals surface area (Å²) in [5.74, 6) is 0. The molecule has 0 N–H and O–H groups in total. The summed E-state index contributed by atoms with van der Waals surface area (Å²) in [6.45, 7) is 0. The third-order valence-electron chi connectivity index (χ3n) is 0. The van der Waals surface area contributed by atoms with E-state index in [1.165, 1.54) is 0 Å². The van der Waals surface area contributed by atoms with Gasteiger partial charge in [0.25, 0.3) is 0 Å². The molecule has 0 unspecified atom stereocenters. The molecule has 0 aromatic carbocycles. The summed E-state index contributed by atoms with van der Waals surface area (Å²) < 4.78 is 0. The molecule has 0 spiro atoms. The van der Waals surface area contributed by atoms with Crippen molar-refractivity contribution in [2.24, 2.45) is 0 Å². The van der Waals surface area contributed by atoms with Crippen molar-refractivity contribution in [3.05, 3.63) is 0 Å². The van der Waals surface area contributed by atoms with Crippen LogP contribution in [0, 0.1) is 39.9 Å². The Morgan fingerprint density at radius 3 is 1.00 bits per heavy atom. The van der Waals surface area contributed by atoms with Crippen molar-refractivity contribution < 1.29 is 77.5 Å². The molecule has 0 aliphatic heterocycles. The Bertz CT molecular complexity index is 8.00. The van der Waals surface area contributed by atoms with Gasteiger partial charge in [0.2, 0.25) is 0 Å². The van der Waals surface area contributed by atoms with Crippen molar-refractivity contribution in [3.63, 3.8) is 0 Å². The van der Waals surface area contributed by atoms with E-state index in [0.717, 1.165) is 0 Å². The summed E-state index contributed by atoms with van der Waals surface area (Å²) in [7, 11) is 0. The minimum atomic E-state index is 0. The molecule has 0 atom stereocenters. The first-order valence-corrected chi connectivity index (χ1v) is 0. The van der Waals surface area contributed by atoms with Gasteiger partial charge in [-0.25, -0.2) is 0 Å². The van der Waals surface area contributed by atoms with Crippen LogP contribution in [0.15, 0.2) is 0 Å². The first kappa shape index (κ1) is 27.8. The third-order valence-corrected chi connectivity index (χ3v) is 0. The van der Waals surface area contributed by atoms with Crippen LogP contribution in [0.5, 0.6) is 0 Å². The molecule has 0 amide bonds. The second-order valence-corrected chi connectivity index (χ2v) is 0. The van der Waals surface area contributed by atoms with E-state index in [0.29, 0.717) is 0 Å². The van der Waals surface area contributed by atoms with Crippen LogP contribution in [0.1, 0.15) is 0 Å². The molecule has 0 aromatic rings. The van der Waals surface area contributed by atoms with Crippen molar-refractivity contribution in [1.82, 2.24) is 0 Å². The first-order chi connectivity index (χ1) is 0. The average molecular weight is 342 g/mol. The van der Waals surface area contributed by atoms with Crippen molar-refractivity contribution in [3.8, 4) is 0 Å². The standard InChI is InChI=1S/Al.Gd.Mo.Ni.3H.